The zero-order valence-corrected chi connectivity index (χ0v) is 17.5. The Morgan fingerprint density at radius 2 is 2.10 bits per heavy atom. The second-order valence-corrected chi connectivity index (χ2v) is 8.09. The molecule has 0 saturated carbocycles. The second kappa shape index (κ2) is 8.16. The summed E-state index contributed by atoms with van der Waals surface area (Å²) in [5.74, 6) is 2.09. The second-order valence-electron chi connectivity index (χ2n) is 6.62. The highest BCUT2D eigenvalue weighted by atomic mass is 32.2. The van der Waals surface area contributed by atoms with E-state index in [0.717, 1.165) is 27.5 Å². The molecule has 0 spiro atoms. The average Bonchev–Trinajstić information content (AvgIpc) is 3.40. The van der Waals surface area contributed by atoms with Crippen molar-refractivity contribution in [2.75, 3.05) is 14.2 Å². The van der Waals surface area contributed by atoms with E-state index in [4.69, 9.17) is 19.0 Å². The van der Waals surface area contributed by atoms with Crippen LogP contribution in [0.1, 0.15) is 18.9 Å². The number of allylic oxidation sites excluding steroid dienone is 2. The van der Waals surface area contributed by atoms with Crippen molar-refractivity contribution < 1.29 is 14.2 Å². The molecule has 0 aliphatic carbocycles. The van der Waals surface area contributed by atoms with Crippen molar-refractivity contribution in [1.29, 1.82) is 4.78 Å². The number of aromatic nitrogens is 2. The lowest BCUT2D eigenvalue weighted by Crippen LogP contribution is -2.25. The summed E-state index contributed by atoms with van der Waals surface area (Å²) in [6.45, 7) is 2.65. The van der Waals surface area contributed by atoms with Crippen LogP contribution in [0.2, 0.25) is 0 Å². The molecule has 2 aliphatic rings. The number of hydrogen-bond acceptors (Lipinski definition) is 6. The van der Waals surface area contributed by atoms with Gasteiger partial charge < -0.3 is 19.5 Å². The van der Waals surface area contributed by atoms with Gasteiger partial charge in [0.05, 0.1) is 19.8 Å². The summed E-state index contributed by atoms with van der Waals surface area (Å²) >= 11 is 0. The van der Waals surface area contributed by atoms with E-state index in [1.165, 1.54) is 0 Å². The van der Waals surface area contributed by atoms with Crippen LogP contribution in [0.25, 0.3) is 5.03 Å². The first-order valence-electron chi connectivity index (χ1n) is 9.39. The molecule has 152 valence electrons. The van der Waals surface area contributed by atoms with Crippen molar-refractivity contribution in [2.45, 2.75) is 26.0 Å². The maximum Gasteiger partial charge on any atom is 0.196 e. The summed E-state index contributed by atoms with van der Waals surface area (Å²) in [7, 11) is 2.45. The van der Waals surface area contributed by atoms with Crippen LogP contribution in [0, 0.1) is 4.78 Å². The Kier molecular flexibility index (Phi) is 5.44. The Morgan fingerprint density at radius 1 is 1.28 bits per heavy atom. The number of benzene rings is 1. The summed E-state index contributed by atoms with van der Waals surface area (Å²) in [5.41, 5.74) is 1.97. The third-order valence-corrected chi connectivity index (χ3v) is 6.37. The molecule has 0 amide bonds. The fourth-order valence-corrected chi connectivity index (χ4v) is 4.71. The maximum atomic E-state index is 8.72. The lowest BCUT2D eigenvalue weighted by Gasteiger charge is -2.25. The molecular weight excluding hydrogens is 388 g/mol. The lowest BCUT2D eigenvalue weighted by molar-refractivity contribution is 0.127. The smallest absolute Gasteiger partial charge is 0.196 e. The Hall–Kier alpha value is -3.00. The van der Waals surface area contributed by atoms with Crippen LogP contribution in [-0.4, -0.2) is 30.1 Å². The summed E-state index contributed by atoms with van der Waals surface area (Å²) in [4.78, 5) is 0.989. The molecule has 7 nitrogen and oxygen atoms in total. The van der Waals surface area contributed by atoms with Crippen molar-refractivity contribution in [2.24, 2.45) is 0 Å². The quantitative estimate of drug-likeness (QED) is 0.723. The molecule has 1 aromatic carbocycles. The third-order valence-electron chi connectivity index (χ3n) is 4.85. The number of rotatable bonds is 7. The molecule has 2 aromatic rings. The molecule has 1 aromatic heterocycles. The number of nitrogens with one attached hydrogen (secondary N) is 2. The largest absolute Gasteiger partial charge is 0.493 e. The third kappa shape index (κ3) is 3.67. The van der Waals surface area contributed by atoms with Gasteiger partial charge in [0.25, 0.3) is 0 Å². The maximum absolute atomic E-state index is 8.72. The molecule has 2 N–H and O–H groups in total. The number of hydrogen-bond donors (Lipinski definition) is 2. The standard InChI is InChI=1S/C21H24N4O3S/c1-4-15-11-19-16(12-20(29(19)22)25-9-5-8-24-25)21(28-15)23-13-14-6-7-17(26-2)18(10-14)27-3/h5-12,15,22-23H,4,13H2,1-3H3. The van der Waals surface area contributed by atoms with E-state index in [9.17, 15) is 0 Å². The van der Waals surface area contributed by atoms with Gasteiger partial charge in [-0.3, -0.25) is 4.78 Å². The van der Waals surface area contributed by atoms with Gasteiger partial charge >= 0.3 is 0 Å². The fraction of sp³-hybridized carbons (Fsp3) is 0.286. The van der Waals surface area contributed by atoms with Crippen molar-refractivity contribution in [3.05, 3.63) is 70.7 Å². The van der Waals surface area contributed by atoms with Gasteiger partial charge in [-0.15, -0.1) is 0 Å². The molecular formula is C21H24N4O3S. The van der Waals surface area contributed by atoms with Gasteiger partial charge in [-0.25, -0.2) is 4.68 Å². The van der Waals surface area contributed by atoms with Gasteiger partial charge in [0, 0.05) is 23.8 Å². The van der Waals surface area contributed by atoms with Gasteiger partial charge in [0.1, 0.15) is 11.1 Å². The van der Waals surface area contributed by atoms with Crippen molar-refractivity contribution in [1.82, 2.24) is 15.1 Å². The highest BCUT2D eigenvalue weighted by Crippen LogP contribution is 2.38. The molecule has 2 atom stereocenters. The van der Waals surface area contributed by atoms with Gasteiger partial charge in [0.15, 0.2) is 17.4 Å². The molecule has 2 aliphatic heterocycles. The molecule has 0 radical (unpaired) electrons. The summed E-state index contributed by atoms with van der Waals surface area (Å²) in [6.07, 6.45) is 8.45. The van der Waals surface area contributed by atoms with Gasteiger partial charge in [-0.2, -0.15) is 5.10 Å². The zero-order chi connectivity index (χ0) is 20.4. The van der Waals surface area contributed by atoms with E-state index in [1.807, 2.05) is 36.5 Å². The topological polar surface area (TPSA) is 81.4 Å². The normalized spacial score (nSPS) is 20.5. The zero-order valence-electron chi connectivity index (χ0n) is 16.6. The molecule has 8 heteroatoms. The predicted molar refractivity (Wildman–Crippen MR) is 113 cm³/mol. The van der Waals surface area contributed by atoms with Crippen LogP contribution in [0.15, 0.2) is 65.2 Å². The Morgan fingerprint density at radius 3 is 2.79 bits per heavy atom. The van der Waals surface area contributed by atoms with Crippen LogP contribution in [0.5, 0.6) is 11.5 Å². The van der Waals surface area contributed by atoms with Gasteiger partial charge in [0.2, 0.25) is 0 Å². The Balaban J connectivity index is 1.63. The van der Waals surface area contributed by atoms with Crippen molar-refractivity contribution in [3.8, 4) is 11.5 Å². The highest BCUT2D eigenvalue weighted by Gasteiger charge is 2.31. The number of methoxy groups -OCH3 is 2. The predicted octanol–water partition coefficient (Wildman–Crippen LogP) is 3.79. The molecule has 2 unspecified atom stereocenters. The van der Waals surface area contributed by atoms with E-state index in [1.54, 1.807) is 25.1 Å². The van der Waals surface area contributed by atoms with E-state index < -0.39 is 10.7 Å². The molecule has 0 bridgehead atoms. The molecule has 3 heterocycles. The summed E-state index contributed by atoms with van der Waals surface area (Å²) < 4.78 is 27.4. The Bertz CT molecular complexity index is 1020. The van der Waals surface area contributed by atoms with Crippen LogP contribution < -0.4 is 14.8 Å². The minimum atomic E-state index is -0.799. The first-order chi connectivity index (χ1) is 14.1. The Labute approximate surface area is 172 Å². The summed E-state index contributed by atoms with van der Waals surface area (Å²) in [5, 5.41) is 8.56. The van der Waals surface area contributed by atoms with E-state index >= 15 is 0 Å². The monoisotopic (exact) mass is 412 g/mol. The van der Waals surface area contributed by atoms with E-state index in [-0.39, 0.29) is 6.10 Å². The number of nitrogens with zero attached hydrogens (tertiary/aromatic N) is 2. The van der Waals surface area contributed by atoms with Crippen molar-refractivity contribution >= 4 is 15.7 Å². The lowest BCUT2D eigenvalue weighted by atomic mass is 10.1. The van der Waals surface area contributed by atoms with Crippen LogP contribution in [-0.2, 0) is 22.0 Å². The summed E-state index contributed by atoms with van der Waals surface area (Å²) in [6, 6.07) is 7.69. The number of fused-ring (bicyclic) bond motifs is 1. The molecule has 0 fully saturated rings. The minimum Gasteiger partial charge on any atom is -0.493 e. The van der Waals surface area contributed by atoms with Crippen molar-refractivity contribution in [3.63, 3.8) is 0 Å². The van der Waals surface area contributed by atoms with Gasteiger partial charge in [-0.1, -0.05) is 13.0 Å². The first-order valence-corrected chi connectivity index (χ1v) is 10.6. The van der Waals surface area contributed by atoms with E-state index in [2.05, 4.69) is 23.4 Å². The first kappa shape index (κ1) is 19.3. The SMILES string of the molecule is CCC1C=C2C(=C(NCc3ccc(OC)c(OC)c3)O1)C=C(n1cccn1)S2=N. The highest BCUT2D eigenvalue weighted by molar-refractivity contribution is 7.99. The van der Waals surface area contributed by atoms with Crippen LogP contribution in [0.3, 0.4) is 0 Å². The molecule has 29 heavy (non-hydrogen) atoms. The fourth-order valence-electron chi connectivity index (χ4n) is 3.30. The van der Waals surface area contributed by atoms with Crippen LogP contribution in [0.4, 0.5) is 0 Å². The van der Waals surface area contributed by atoms with E-state index in [0.29, 0.717) is 23.9 Å². The van der Waals surface area contributed by atoms with Crippen LogP contribution >= 0.6 is 0 Å². The molecule has 4 rings (SSSR count). The minimum absolute atomic E-state index is 0.0487. The van der Waals surface area contributed by atoms with Gasteiger partial charge in [-0.05, 0) is 53.0 Å². The number of ether oxygens (including phenoxy) is 3. The molecule has 0 saturated heterocycles. The average molecular weight is 413 g/mol.